The fourth-order valence-corrected chi connectivity index (χ4v) is 3.30. The van der Waals surface area contributed by atoms with Crippen LogP contribution in [0.15, 0.2) is 34.8 Å². The summed E-state index contributed by atoms with van der Waals surface area (Å²) in [7, 11) is 1.64. The molecule has 0 amide bonds. The zero-order valence-electron chi connectivity index (χ0n) is 13.2. The molecule has 0 atom stereocenters. The van der Waals surface area contributed by atoms with Gasteiger partial charge in [-0.2, -0.15) is 0 Å². The topological polar surface area (TPSA) is 30.5 Å². The van der Waals surface area contributed by atoms with E-state index >= 15 is 0 Å². The molecule has 1 N–H and O–H groups in total. The van der Waals surface area contributed by atoms with Crippen molar-refractivity contribution in [3.63, 3.8) is 0 Å². The third-order valence-corrected chi connectivity index (χ3v) is 5.25. The molecule has 2 aromatic carbocycles. The minimum absolute atomic E-state index is 0.346. The van der Waals surface area contributed by atoms with Crippen LogP contribution in [0.2, 0.25) is 10.0 Å². The third kappa shape index (κ3) is 4.37. The number of hydrogen-bond donors (Lipinski definition) is 1. The SMILES string of the molecule is COc1ccc(Br)c(CNC2CC2)c1OCc1ccc(Cl)cc1Cl. The molecule has 1 aliphatic rings. The maximum absolute atomic E-state index is 6.23. The molecule has 0 unspecified atom stereocenters. The fourth-order valence-electron chi connectivity index (χ4n) is 2.39. The molecule has 1 saturated carbocycles. The van der Waals surface area contributed by atoms with Gasteiger partial charge in [-0.25, -0.2) is 0 Å². The van der Waals surface area contributed by atoms with Crippen LogP contribution in [0.3, 0.4) is 0 Å². The van der Waals surface area contributed by atoms with Gasteiger partial charge in [0.25, 0.3) is 0 Å². The summed E-state index contributed by atoms with van der Waals surface area (Å²) >= 11 is 15.8. The number of methoxy groups -OCH3 is 1. The minimum atomic E-state index is 0.346. The minimum Gasteiger partial charge on any atom is -0.493 e. The van der Waals surface area contributed by atoms with E-state index in [-0.39, 0.29) is 0 Å². The van der Waals surface area contributed by atoms with Crippen LogP contribution < -0.4 is 14.8 Å². The molecule has 3 rings (SSSR count). The molecule has 1 fully saturated rings. The van der Waals surface area contributed by atoms with Gasteiger partial charge in [-0.3, -0.25) is 0 Å². The lowest BCUT2D eigenvalue weighted by atomic mass is 10.1. The lowest BCUT2D eigenvalue weighted by Gasteiger charge is -2.17. The molecule has 1 aliphatic carbocycles. The average Bonchev–Trinajstić information content (AvgIpc) is 3.37. The van der Waals surface area contributed by atoms with Crippen molar-refractivity contribution < 1.29 is 9.47 Å². The molecule has 0 aromatic heterocycles. The van der Waals surface area contributed by atoms with Crippen molar-refractivity contribution in [3.05, 3.63) is 56.0 Å². The summed E-state index contributed by atoms with van der Waals surface area (Å²) in [6, 6.07) is 9.88. The van der Waals surface area contributed by atoms with Crippen molar-refractivity contribution in [3.8, 4) is 11.5 Å². The van der Waals surface area contributed by atoms with E-state index in [1.807, 2.05) is 18.2 Å². The molecule has 0 spiro atoms. The van der Waals surface area contributed by atoms with E-state index < -0.39 is 0 Å². The van der Waals surface area contributed by atoms with Crippen LogP contribution in [0.5, 0.6) is 11.5 Å². The number of rotatable bonds is 7. The maximum Gasteiger partial charge on any atom is 0.167 e. The first-order valence-corrected chi connectivity index (χ1v) is 9.29. The molecule has 128 valence electrons. The predicted octanol–water partition coefficient (Wildman–Crippen LogP) is 5.60. The molecular formula is C18H18BrCl2NO2. The Hall–Kier alpha value is -0.940. The first-order valence-electron chi connectivity index (χ1n) is 7.74. The molecule has 0 heterocycles. The molecule has 0 aliphatic heterocycles. The summed E-state index contributed by atoms with van der Waals surface area (Å²) in [5, 5.41) is 4.71. The molecule has 6 heteroatoms. The van der Waals surface area contributed by atoms with Crippen LogP contribution in [0.4, 0.5) is 0 Å². The fraction of sp³-hybridized carbons (Fsp3) is 0.333. The van der Waals surface area contributed by atoms with Gasteiger partial charge in [-0.05, 0) is 37.1 Å². The van der Waals surface area contributed by atoms with E-state index in [9.17, 15) is 0 Å². The van der Waals surface area contributed by atoms with E-state index in [0.29, 0.717) is 28.4 Å². The van der Waals surface area contributed by atoms with E-state index in [1.54, 1.807) is 19.2 Å². The second-order valence-electron chi connectivity index (χ2n) is 5.74. The Kier molecular flexibility index (Phi) is 5.93. The number of ether oxygens (including phenoxy) is 2. The molecular weight excluding hydrogens is 413 g/mol. The molecule has 0 saturated heterocycles. The van der Waals surface area contributed by atoms with E-state index in [0.717, 1.165) is 27.9 Å². The first-order chi connectivity index (χ1) is 11.6. The van der Waals surface area contributed by atoms with Crippen LogP contribution in [0.25, 0.3) is 0 Å². The van der Waals surface area contributed by atoms with E-state index in [2.05, 4.69) is 21.2 Å². The van der Waals surface area contributed by atoms with Crippen molar-refractivity contribution in [2.24, 2.45) is 0 Å². The zero-order valence-corrected chi connectivity index (χ0v) is 16.3. The Balaban J connectivity index is 1.82. The van der Waals surface area contributed by atoms with Crippen LogP contribution in [-0.2, 0) is 13.2 Å². The molecule has 2 aromatic rings. The van der Waals surface area contributed by atoms with Gasteiger partial charge in [0.2, 0.25) is 0 Å². The van der Waals surface area contributed by atoms with Gasteiger partial charge in [0.15, 0.2) is 11.5 Å². The van der Waals surface area contributed by atoms with Crippen LogP contribution in [0.1, 0.15) is 24.0 Å². The Bertz CT molecular complexity index is 735. The smallest absolute Gasteiger partial charge is 0.167 e. The Morgan fingerprint density at radius 3 is 2.67 bits per heavy atom. The van der Waals surface area contributed by atoms with Crippen molar-refractivity contribution >= 4 is 39.1 Å². The van der Waals surface area contributed by atoms with Crippen LogP contribution >= 0.6 is 39.1 Å². The highest BCUT2D eigenvalue weighted by Crippen LogP contribution is 2.37. The van der Waals surface area contributed by atoms with Gasteiger partial charge in [0, 0.05) is 38.2 Å². The number of benzene rings is 2. The second-order valence-corrected chi connectivity index (χ2v) is 7.43. The van der Waals surface area contributed by atoms with Crippen LogP contribution in [-0.4, -0.2) is 13.2 Å². The quantitative estimate of drug-likeness (QED) is 0.620. The highest BCUT2D eigenvalue weighted by molar-refractivity contribution is 9.10. The normalized spacial score (nSPS) is 13.8. The number of hydrogen-bond acceptors (Lipinski definition) is 3. The van der Waals surface area contributed by atoms with Gasteiger partial charge in [0.1, 0.15) is 6.61 Å². The monoisotopic (exact) mass is 429 g/mol. The Morgan fingerprint density at radius 1 is 1.21 bits per heavy atom. The third-order valence-electron chi connectivity index (χ3n) is 3.92. The average molecular weight is 431 g/mol. The van der Waals surface area contributed by atoms with Gasteiger partial charge < -0.3 is 14.8 Å². The van der Waals surface area contributed by atoms with Crippen molar-refractivity contribution in [1.82, 2.24) is 5.32 Å². The number of halogens is 3. The lowest BCUT2D eigenvalue weighted by Crippen LogP contribution is -2.17. The van der Waals surface area contributed by atoms with Gasteiger partial charge in [-0.1, -0.05) is 45.2 Å². The Labute approximate surface area is 160 Å². The van der Waals surface area contributed by atoms with Gasteiger partial charge in [-0.15, -0.1) is 0 Å². The summed E-state index contributed by atoms with van der Waals surface area (Å²) in [5.74, 6) is 1.43. The molecule has 0 radical (unpaired) electrons. The maximum atomic E-state index is 6.23. The largest absolute Gasteiger partial charge is 0.493 e. The molecule has 3 nitrogen and oxygen atoms in total. The summed E-state index contributed by atoms with van der Waals surface area (Å²) < 4.78 is 12.5. The van der Waals surface area contributed by atoms with E-state index in [1.165, 1.54) is 12.8 Å². The van der Waals surface area contributed by atoms with Gasteiger partial charge in [0.05, 0.1) is 7.11 Å². The van der Waals surface area contributed by atoms with E-state index in [4.69, 9.17) is 32.7 Å². The summed E-state index contributed by atoms with van der Waals surface area (Å²) in [5.41, 5.74) is 1.93. The highest BCUT2D eigenvalue weighted by Gasteiger charge is 2.22. The van der Waals surface area contributed by atoms with Gasteiger partial charge >= 0.3 is 0 Å². The predicted molar refractivity (Wildman–Crippen MR) is 101 cm³/mol. The standard InChI is InChI=1S/C18H18BrCl2NO2/c1-23-17-7-6-15(19)14(9-22-13-4-5-13)18(17)24-10-11-2-3-12(20)8-16(11)21/h2-3,6-8,13,22H,4-5,9-10H2,1H3. The lowest BCUT2D eigenvalue weighted by molar-refractivity contribution is 0.280. The Morgan fingerprint density at radius 2 is 2.00 bits per heavy atom. The van der Waals surface area contributed by atoms with Crippen LogP contribution in [0, 0.1) is 0 Å². The summed E-state index contributed by atoms with van der Waals surface area (Å²) in [6.45, 7) is 1.07. The van der Waals surface area contributed by atoms with Crippen molar-refractivity contribution in [1.29, 1.82) is 0 Å². The second kappa shape index (κ2) is 7.96. The highest BCUT2D eigenvalue weighted by atomic mass is 79.9. The summed E-state index contributed by atoms with van der Waals surface area (Å²) in [4.78, 5) is 0. The molecule has 0 bridgehead atoms. The number of nitrogens with one attached hydrogen (secondary N) is 1. The molecule has 24 heavy (non-hydrogen) atoms. The first kappa shape index (κ1) is 17.9. The van der Waals surface area contributed by atoms with Crippen molar-refractivity contribution in [2.75, 3.05) is 7.11 Å². The zero-order chi connectivity index (χ0) is 17.1. The van der Waals surface area contributed by atoms with Crippen molar-refractivity contribution in [2.45, 2.75) is 32.0 Å². The summed E-state index contributed by atoms with van der Waals surface area (Å²) in [6.07, 6.45) is 2.47.